The predicted molar refractivity (Wildman–Crippen MR) is 112 cm³/mol. The van der Waals surface area contributed by atoms with Crippen LogP contribution >= 0.6 is 11.6 Å². The van der Waals surface area contributed by atoms with Gasteiger partial charge in [0.15, 0.2) is 11.5 Å². The standard InChI is InChI=1S/C21H18ClF3N4O2/c1-3-28-12-26-18(19(31)27-15-10-8-14(22)9-11-15)20(28)29(13(2)30)17-7-5-4-6-16(17)21(23,24)25/h4-12H,3H2,1-2H3,(H,27,31). The van der Waals surface area contributed by atoms with Crippen LogP contribution in [-0.4, -0.2) is 21.4 Å². The zero-order valence-electron chi connectivity index (χ0n) is 16.6. The normalized spacial score (nSPS) is 11.3. The number of aromatic nitrogens is 2. The summed E-state index contributed by atoms with van der Waals surface area (Å²) in [6.45, 7) is 3.12. The number of hydrogen-bond acceptors (Lipinski definition) is 3. The van der Waals surface area contributed by atoms with Gasteiger partial charge in [0, 0.05) is 24.2 Å². The number of imidazole rings is 1. The van der Waals surface area contributed by atoms with E-state index in [0.717, 1.165) is 17.9 Å². The predicted octanol–water partition coefficient (Wildman–Crippen LogP) is 5.51. The molecule has 0 saturated carbocycles. The fraction of sp³-hybridized carbons (Fsp3) is 0.190. The Kier molecular flexibility index (Phi) is 6.35. The SMILES string of the molecule is CCn1cnc(C(=O)Nc2ccc(Cl)cc2)c1N(C(C)=O)c1ccccc1C(F)(F)F. The third-order valence-corrected chi connectivity index (χ3v) is 4.70. The van der Waals surface area contributed by atoms with Crippen LogP contribution in [0.1, 0.15) is 29.9 Å². The van der Waals surface area contributed by atoms with E-state index in [1.54, 1.807) is 31.2 Å². The number of carbonyl (C=O) groups excluding carboxylic acids is 2. The lowest BCUT2D eigenvalue weighted by Crippen LogP contribution is -2.30. The molecule has 2 amide bonds. The van der Waals surface area contributed by atoms with Crippen molar-refractivity contribution in [2.75, 3.05) is 10.2 Å². The van der Waals surface area contributed by atoms with E-state index in [9.17, 15) is 22.8 Å². The number of nitrogens with zero attached hydrogens (tertiary/aromatic N) is 3. The lowest BCUT2D eigenvalue weighted by Gasteiger charge is -2.26. The molecule has 0 aliphatic rings. The summed E-state index contributed by atoms with van der Waals surface area (Å²) < 4.78 is 42.3. The first kappa shape index (κ1) is 22.4. The van der Waals surface area contributed by atoms with Gasteiger partial charge in [-0.05, 0) is 43.3 Å². The molecule has 0 spiro atoms. The first-order valence-electron chi connectivity index (χ1n) is 9.22. The van der Waals surface area contributed by atoms with Crippen LogP contribution in [0, 0.1) is 0 Å². The van der Waals surface area contributed by atoms with Gasteiger partial charge >= 0.3 is 6.18 Å². The van der Waals surface area contributed by atoms with E-state index in [2.05, 4.69) is 10.3 Å². The maximum absolute atomic E-state index is 13.6. The number of rotatable bonds is 5. The number of nitrogens with one attached hydrogen (secondary N) is 1. The van der Waals surface area contributed by atoms with Crippen molar-refractivity contribution in [2.45, 2.75) is 26.6 Å². The summed E-state index contributed by atoms with van der Waals surface area (Å²) in [6, 6.07) is 11.0. The van der Waals surface area contributed by atoms with Crippen molar-refractivity contribution in [3.63, 3.8) is 0 Å². The van der Waals surface area contributed by atoms with Gasteiger partial charge in [-0.15, -0.1) is 0 Å². The molecular formula is C21H18ClF3N4O2. The van der Waals surface area contributed by atoms with Gasteiger partial charge in [0.1, 0.15) is 0 Å². The van der Waals surface area contributed by atoms with Gasteiger partial charge < -0.3 is 9.88 Å². The second-order valence-corrected chi connectivity index (χ2v) is 6.97. The highest BCUT2D eigenvalue weighted by atomic mass is 35.5. The minimum absolute atomic E-state index is 0.0573. The minimum atomic E-state index is -4.70. The van der Waals surface area contributed by atoms with Crippen molar-refractivity contribution in [2.24, 2.45) is 0 Å². The van der Waals surface area contributed by atoms with Crippen molar-refractivity contribution < 1.29 is 22.8 Å². The van der Waals surface area contributed by atoms with E-state index in [4.69, 9.17) is 11.6 Å². The van der Waals surface area contributed by atoms with Crippen molar-refractivity contribution in [3.8, 4) is 0 Å². The number of carbonyl (C=O) groups is 2. The van der Waals surface area contributed by atoms with E-state index in [0.29, 0.717) is 10.7 Å². The Morgan fingerprint density at radius 1 is 1.13 bits per heavy atom. The zero-order valence-corrected chi connectivity index (χ0v) is 17.3. The maximum atomic E-state index is 13.6. The van der Waals surface area contributed by atoms with E-state index in [1.807, 2.05) is 0 Å². The average Bonchev–Trinajstić information content (AvgIpc) is 3.13. The Morgan fingerprint density at radius 2 is 1.77 bits per heavy atom. The van der Waals surface area contributed by atoms with Crippen LogP contribution < -0.4 is 10.2 Å². The van der Waals surface area contributed by atoms with Gasteiger partial charge in [-0.25, -0.2) is 4.98 Å². The van der Waals surface area contributed by atoms with Crippen molar-refractivity contribution in [1.29, 1.82) is 0 Å². The highest BCUT2D eigenvalue weighted by molar-refractivity contribution is 6.30. The third kappa shape index (κ3) is 4.72. The second-order valence-electron chi connectivity index (χ2n) is 6.53. The van der Waals surface area contributed by atoms with Gasteiger partial charge in [0.25, 0.3) is 5.91 Å². The fourth-order valence-corrected chi connectivity index (χ4v) is 3.19. The molecule has 1 aromatic heterocycles. The molecule has 1 N–H and O–H groups in total. The highest BCUT2D eigenvalue weighted by Gasteiger charge is 2.37. The Morgan fingerprint density at radius 3 is 2.35 bits per heavy atom. The zero-order chi connectivity index (χ0) is 22.8. The van der Waals surface area contributed by atoms with Crippen LogP contribution in [0.15, 0.2) is 54.9 Å². The lowest BCUT2D eigenvalue weighted by molar-refractivity contribution is -0.137. The summed E-state index contributed by atoms with van der Waals surface area (Å²) in [5.74, 6) is -1.44. The van der Waals surface area contributed by atoms with Crippen molar-refractivity contribution >= 4 is 40.6 Å². The molecule has 0 saturated heterocycles. The van der Waals surface area contributed by atoms with Crippen LogP contribution in [0.25, 0.3) is 0 Å². The fourth-order valence-electron chi connectivity index (χ4n) is 3.07. The number of anilines is 3. The van der Waals surface area contributed by atoms with Crippen LogP contribution in [-0.2, 0) is 17.5 Å². The Bertz CT molecular complexity index is 1110. The summed E-state index contributed by atoms with van der Waals surface area (Å²) in [7, 11) is 0. The van der Waals surface area contributed by atoms with Crippen LogP contribution in [0.2, 0.25) is 5.02 Å². The number of alkyl halides is 3. The Labute approximate surface area is 181 Å². The average molecular weight is 451 g/mol. The molecule has 0 aliphatic heterocycles. The van der Waals surface area contributed by atoms with Gasteiger partial charge in [0.2, 0.25) is 5.91 Å². The van der Waals surface area contributed by atoms with Crippen LogP contribution in [0.5, 0.6) is 0 Å². The molecule has 3 aromatic rings. The molecule has 2 aromatic carbocycles. The molecule has 6 nitrogen and oxygen atoms in total. The largest absolute Gasteiger partial charge is 0.418 e. The molecule has 0 radical (unpaired) electrons. The second kappa shape index (κ2) is 8.81. The van der Waals surface area contributed by atoms with Crippen molar-refractivity contribution in [1.82, 2.24) is 9.55 Å². The molecule has 162 valence electrons. The minimum Gasteiger partial charge on any atom is -0.321 e. The topological polar surface area (TPSA) is 67.2 Å². The molecule has 31 heavy (non-hydrogen) atoms. The quantitative estimate of drug-likeness (QED) is 0.557. The van der Waals surface area contributed by atoms with Crippen LogP contribution in [0.3, 0.4) is 0 Å². The summed E-state index contributed by atoms with van der Waals surface area (Å²) >= 11 is 5.84. The number of amides is 2. The summed E-state index contributed by atoms with van der Waals surface area (Å²) in [6.07, 6.45) is -3.40. The summed E-state index contributed by atoms with van der Waals surface area (Å²) in [4.78, 5) is 30.4. The number of benzene rings is 2. The molecule has 0 atom stereocenters. The number of hydrogen-bond donors (Lipinski definition) is 1. The molecule has 0 bridgehead atoms. The van der Waals surface area contributed by atoms with Gasteiger partial charge in [-0.1, -0.05) is 23.7 Å². The van der Waals surface area contributed by atoms with E-state index >= 15 is 0 Å². The van der Waals surface area contributed by atoms with Gasteiger partial charge in [-0.2, -0.15) is 13.2 Å². The van der Waals surface area contributed by atoms with E-state index in [1.165, 1.54) is 29.1 Å². The number of halogens is 4. The lowest BCUT2D eigenvalue weighted by atomic mass is 10.1. The first-order chi connectivity index (χ1) is 14.6. The van der Waals surface area contributed by atoms with Crippen LogP contribution in [0.4, 0.5) is 30.4 Å². The smallest absolute Gasteiger partial charge is 0.321 e. The monoisotopic (exact) mass is 450 g/mol. The van der Waals surface area contributed by atoms with Gasteiger partial charge in [0.05, 0.1) is 17.6 Å². The molecule has 0 aliphatic carbocycles. The highest BCUT2D eigenvalue weighted by Crippen LogP contribution is 2.40. The summed E-state index contributed by atoms with van der Waals surface area (Å²) in [5.41, 5.74) is -1.17. The Hall–Kier alpha value is -3.33. The van der Waals surface area contributed by atoms with Gasteiger partial charge in [-0.3, -0.25) is 14.5 Å². The third-order valence-electron chi connectivity index (χ3n) is 4.44. The number of para-hydroxylation sites is 1. The maximum Gasteiger partial charge on any atom is 0.418 e. The molecule has 3 rings (SSSR count). The molecule has 0 unspecified atom stereocenters. The van der Waals surface area contributed by atoms with E-state index in [-0.39, 0.29) is 18.1 Å². The van der Waals surface area contributed by atoms with Crippen molar-refractivity contribution in [3.05, 3.63) is 71.1 Å². The van der Waals surface area contributed by atoms with E-state index < -0.39 is 29.2 Å². The number of aryl methyl sites for hydroxylation is 1. The molecule has 0 fully saturated rings. The molecular weight excluding hydrogens is 433 g/mol. The Balaban J connectivity index is 2.12. The molecule has 1 heterocycles. The first-order valence-corrected chi connectivity index (χ1v) is 9.60. The summed E-state index contributed by atoms with van der Waals surface area (Å²) in [5, 5.41) is 3.09. The molecule has 10 heteroatoms.